The standard InChI is InChI=1S/C17H20N2O5/c1-22-15-3-2-13(10-14(12-18)17(20)21)11-16(15)24-9-6-19-4-7-23-8-5-19/h2-3,10-11H,4-9H2,1H3,(H,20,21)/b14-10+. The summed E-state index contributed by atoms with van der Waals surface area (Å²) in [6.45, 7) is 4.79. The molecule has 128 valence electrons. The molecule has 1 N–H and O–H groups in total. The predicted molar refractivity (Wildman–Crippen MR) is 83.5 cm³/mol. The second-order valence-electron chi connectivity index (χ2n) is 5.33. The highest BCUT2D eigenvalue weighted by Crippen LogP contribution is 2.28. The van der Waals surface area contributed by atoms with E-state index >= 15 is 0 Å². The molecule has 1 fully saturated rings. The highest BCUT2D eigenvalue weighted by molar-refractivity contribution is 5.95. The van der Waals surface area contributed by atoms with Gasteiger partial charge in [-0.05, 0) is 23.8 Å². The van der Waals surface area contributed by atoms with E-state index in [1.807, 2.05) is 0 Å². The molecule has 0 amide bonds. The molecule has 0 atom stereocenters. The van der Waals surface area contributed by atoms with Crippen LogP contribution in [-0.2, 0) is 9.53 Å². The van der Waals surface area contributed by atoms with Gasteiger partial charge >= 0.3 is 0 Å². The van der Waals surface area contributed by atoms with Gasteiger partial charge in [0.2, 0.25) is 0 Å². The summed E-state index contributed by atoms with van der Waals surface area (Å²) in [6, 6.07) is 6.57. The van der Waals surface area contributed by atoms with Crippen LogP contribution in [0.5, 0.6) is 11.5 Å². The first kappa shape index (κ1) is 17.8. The first-order valence-electron chi connectivity index (χ1n) is 7.69. The van der Waals surface area contributed by atoms with E-state index < -0.39 is 11.5 Å². The van der Waals surface area contributed by atoms with Gasteiger partial charge in [-0.3, -0.25) is 0 Å². The Morgan fingerprint density at radius 3 is 2.79 bits per heavy atom. The summed E-state index contributed by atoms with van der Waals surface area (Å²) in [5.74, 6) is -0.447. The fourth-order valence-corrected chi connectivity index (χ4v) is 2.41. The van der Waals surface area contributed by atoms with Crippen molar-refractivity contribution in [2.24, 2.45) is 0 Å². The average molecular weight is 332 g/mol. The van der Waals surface area contributed by atoms with Crippen molar-refractivity contribution in [1.29, 1.82) is 5.26 Å². The molecule has 0 unspecified atom stereocenters. The number of methoxy groups -OCH3 is 1. The second-order valence-corrected chi connectivity index (χ2v) is 5.33. The van der Waals surface area contributed by atoms with Crippen molar-refractivity contribution < 1.29 is 29.0 Å². The molecule has 0 aliphatic carbocycles. The van der Waals surface area contributed by atoms with Gasteiger partial charge in [0.25, 0.3) is 0 Å². The van der Waals surface area contributed by atoms with E-state index in [0.717, 1.165) is 32.8 Å². The van der Waals surface area contributed by atoms with E-state index in [-0.39, 0.29) is 0 Å². The summed E-state index contributed by atoms with van der Waals surface area (Å²) in [5, 5.41) is 19.6. The number of carboxylic acid groups (broad SMARTS) is 1. The third-order valence-electron chi connectivity index (χ3n) is 3.75. The Bertz CT molecular complexity index is 645. The maximum Gasteiger partial charge on any atom is 0.162 e. The van der Waals surface area contributed by atoms with E-state index in [4.69, 9.17) is 19.5 Å². The molecule has 1 aliphatic heterocycles. The number of nitrogens with zero attached hydrogens (tertiary/aromatic N) is 1. The molecule has 2 rings (SSSR count). The lowest BCUT2D eigenvalue weighted by molar-refractivity contribution is -0.908. The maximum atomic E-state index is 10.8. The van der Waals surface area contributed by atoms with E-state index in [0.29, 0.717) is 23.7 Å². The van der Waals surface area contributed by atoms with Crippen LogP contribution >= 0.6 is 0 Å². The number of carboxylic acids is 1. The van der Waals surface area contributed by atoms with Crippen LogP contribution in [0.3, 0.4) is 0 Å². The fraction of sp³-hybridized carbons (Fsp3) is 0.412. The minimum atomic E-state index is -1.51. The quantitative estimate of drug-likeness (QED) is 0.490. The van der Waals surface area contributed by atoms with Gasteiger partial charge in [-0.2, -0.15) is 5.26 Å². The number of nitriles is 1. The number of rotatable bonds is 7. The third kappa shape index (κ3) is 4.98. The maximum absolute atomic E-state index is 10.8. The van der Waals surface area contributed by atoms with Crippen LogP contribution in [0.4, 0.5) is 0 Å². The van der Waals surface area contributed by atoms with Crippen molar-refractivity contribution in [3.8, 4) is 17.6 Å². The molecular weight excluding hydrogens is 312 g/mol. The van der Waals surface area contributed by atoms with Crippen molar-refractivity contribution in [2.45, 2.75) is 0 Å². The molecule has 0 bridgehead atoms. The molecule has 0 spiro atoms. The minimum absolute atomic E-state index is 0.441. The zero-order valence-electron chi connectivity index (χ0n) is 13.5. The van der Waals surface area contributed by atoms with Gasteiger partial charge in [0.15, 0.2) is 11.5 Å². The van der Waals surface area contributed by atoms with Crippen LogP contribution in [0.1, 0.15) is 5.56 Å². The summed E-state index contributed by atoms with van der Waals surface area (Å²) >= 11 is 0. The van der Waals surface area contributed by atoms with Gasteiger partial charge in [0.05, 0.1) is 31.9 Å². The van der Waals surface area contributed by atoms with Gasteiger partial charge in [-0.25, -0.2) is 0 Å². The number of carbonyl (C=O) groups excluding carboxylic acids is 1. The van der Waals surface area contributed by atoms with Crippen molar-refractivity contribution in [3.63, 3.8) is 0 Å². The molecule has 7 heteroatoms. The lowest BCUT2D eigenvalue weighted by Crippen LogP contribution is -3.14. The van der Waals surface area contributed by atoms with Crippen molar-refractivity contribution in [2.75, 3.05) is 46.6 Å². The summed E-state index contributed by atoms with van der Waals surface area (Å²) < 4.78 is 16.4. The number of morpholine rings is 1. The first-order valence-corrected chi connectivity index (χ1v) is 7.69. The lowest BCUT2D eigenvalue weighted by Gasteiger charge is -2.23. The lowest BCUT2D eigenvalue weighted by atomic mass is 10.1. The van der Waals surface area contributed by atoms with Crippen LogP contribution in [0.15, 0.2) is 23.8 Å². The van der Waals surface area contributed by atoms with Crippen LogP contribution in [0.25, 0.3) is 6.08 Å². The number of benzene rings is 1. The molecule has 1 aromatic carbocycles. The van der Waals surface area contributed by atoms with Crippen LogP contribution in [-0.4, -0.2) is 52.5 Å². The number of carbonyl (C=O) groups is 1. The van der Waals surface area contributed by atoms with E-state index in [1.54, 1.807) is 24.3 Å². The van der Waals surface area contributed by atoms with Crippen molar-refractivity contribution >= 4 is 12.0 Å². The number of aliphatic carboxylic acids is 1. The predicted octanol–water partition coefficient (Wildman–Crippen LogP) is -1.35. The Hall–Kier alpha value is -2.56. The molecule has 7 nitrogen and oxygen atoms in total. The summed E-state index contributed by atoms with van der Waals surface area (Å²) in [4.78, 5) is 12.2. The van der Waals surface area contributed by atoms with Gasteiger partial charge in [-0.15, -0.1) is 0 Å². The van der Waals surface area contributed by atoms with E-state index in [1.165, 1.54) is 18.1 Å². The zero-order valence-corrected chi connectivity index (χ0v) is 13.5. The highest BCUT2D eigenvalue weighted by Gasteiger charge is 2.14. The van der Waals surface area contributed by atoms with E-state index in [2.05, 4.69) is 0 Å². The average Bonchev–Trinajstić information content (AvgIpc) is 2.60. The number of ether oxygens (including phenoxy) is 3. The number of nitrogens with one attached hydrogen (secondary N) is 1. The molecule has 1 aromatic rings. The van der Waals surface area contributed by atoms with Gasteiger partial charge in [0.1, 0.15) is 32.3 Å². The summed E-state index contributed by atoms with van der Waals surface area (Å²) in [5.41, 5.74) is 0.0918. The van der Waals surface area contributed by atoms with Gasteiger partial charge < -0.3 is 29.0 Å². The third-order valence-corrected chi connectivity index (χ3v) is 3.75. The Morgan fingerprint density at radius 2 is 2.17 bits per heavy atom. The van der Waals surface area contributed by atoms with Crippen LogP contribution in [0.2, 0.25) is 0 Å². The molecular formula is C17H20N2O5. The normalized spacial score (nSPS) is 15.6. The van der Waals surface area contributed by atoms with Gasteiger partial charge in [-0.1, -0.05) is 6.07 Å². The molecule has 0 radical (unpaired) electrons. The smallest absolute Gasteiger partial charge is 0.162 e. The molecule has 1 saturated heterocycles. The Balaban J connectivity index is 2.05. The van der Waals surface area contributed by atoms with Crippen LogP contribution < -0.4 is 19.5 Å². The highest BCUT2D eigenvalue weighted by atomic mass is 16.5. The SMILES string of the molecule is COc1ccc(/C=C(\C#N)C(=O)[O-])cc1OCC[NH+]1CCOCC1. The summed E-state index contributed by atoms with van der Waals surface area (Å²) in [7, 11) is 1.53. The van der Waals surface area contributed by atoms with Crippen molar-refractivity contribution in [1.82, 2.24) is 0 Å². The molecule has 1 aliphatic rings. The van der Waals surface area contributed by atoms with Crippen LogP contribution in [0, 0.1) is 11.3 Å². The topological polar surface area (TPSA) is 96.0 Å². The molecule has 0 aromatic heterocycles. The Kier molecular flexibility index (Phi) is 6.61. The largest absolute Gasteiger partial charge is 0.544 e. The number of hydrogen-bond acceptors (Lipinski definition) is 6. The summed E-state index contributed by atoms with van der Waals surface area (Å²) in [6.07, 6.45) is 1.24. The minimum Gasteiger partial charge on any atom is -0.544 e. The molecule has 1 heterocycles. The molecule has 24 heavy (non-hydrogen) atoms. The zero-order chi connectivity index (χ0) is 17.4. The van der Waals surface area contributed by atoms with Crippen molar-refractivity contribution in [3.05, 3.63) is 29.3 Å². The number of quaternary nitrogens is 1. The second kappa shape index (κ2) is 8.91. The molecule has 0 saturated carbocycles. The Labute approximate surface area is 140 Å². The fourth-order valence-electron chi connectivity index (χ4n) is 2.41. The van der Waals surface area contributed by atoms with Gasteiger partial charge in [0, 0.05) is 0 Å². The van der Waals surface area contributed by atoms with E-state index in [9.17, 15) is 9.90 Å². The first-order chi connectivity index (χ1) is 11.6. The Morgan fingerprint density at radius 1 is 1.42 bits per heavy atom. The number of hydrogen-bond donors (Lipinski definition) is 1. The monoisotopic (exact) mass is 332 g/mol.